The summed E-state index contributed by atoms with van der Waals surface area (Å²) in [5, 5.41) is 0.565. The van der Waals surface area contributed by atoms with Crippen molar-refractivity contribution in [2.45, 2.75) is 121 Å². The molecule has 3 aliphatic rings. The molecule has 0 amide bonds. The number of unbranched alkanes of at least 4 members (excludes halogenated alkanes) is 7. The van der Waals surface area contributed by atoms with Crippen LogP contribution in [0.4, 0.5) is 0 Å². The number of allylic oxidation sites excluding steroid dienone is 1. The molecule has 6 atom stereocenters. The molecular formula is C26H46O3S. The Balaban J connectivity index is 1.47. The molecule has 4 heteroatoms. The molecule has 2 aliphatic heterocycles. The highest BCUT2D eigenvalue weighted by Crippen LogP contribution is 2.60. The fourth-order valence-electron chi connectivity index (χ4n) is 5.47. The van der Waals surface area contributed by atoms with Gasteiger partial charge in [-0.1, -0.05) is 77.9 Å². The molecule has 0 aromatic heterocycles. The number of epoxide rings is 2. The van der Waals surface area contributed by atoms with Crippen LogP contribution in [-0.2, 0) is 14.2 Å². The molecule has 1 saturated carbocycles. The van der Waals surface area contributed by atoms with E-state index in [9.17, 15) is 0 Å². The number of methoxy groups -OCH3 is 1. The summed E-state index contributed by atoms with van der Waals surface area (Å²) in [7, 11) is 1.90. The van der Waals surface area contributed by atoms with Gasteiger partial charge in [0, 0.05) is 18.3 Å². The lowest BCUT2D eigenvalue weighted by atomic mass is 9.69. The summed E-state index contributed by atoms with van der Waals surface area (Å²) < 4.78 is 18.5. The topological polar surface area (TPSA) is 34.3 Å². The fourth-order valence-corrected chi connectivity index (χ4v) is 6.88. The van der Waals surface area contributed by atoms with E-state index in [2.05, 4.69) is 51.6 Å². The molecule has 0 aromatic rings. The first-order valence-electron chi connectivity index (χ1n) is 12.6. The van der Waals surface area contributed by atoms with Gasteiger partial charge in [-0.3, -0.25) is 0 Å². The zero-order valence-electron chi connectivity index (χ0n) is 20.2. The Bertz CT molecular complexity index is 544. The number of thioether (sulfide) groups is 1. The summed E-state index contributed by atoms with van der Waals surface area (Å²) in [4.78, 5) is 0. The van der Waals surface area contributed by atoms with E-state index in [0.29, 0.717) is 17.1 Å². The number of hydrogen-bond donors (Lipinski definition) is 0. The molecule has 1 aliphatic carbocycles. The monoisotopic (exact) mass is 438 g/mol. The second kappa shape index (κ2) is 11.2. The van der Waals surface area contributed by atoms with Crippen molar-refractivity contribution >= 4 is 11.8 Å². The van der Waals surface area contributed by atoms with E-state index in [-0.39, 0.29) is 23.4 Å². The molecule has 1 unspecified atom stereocenters. The summed E-state index contributed by atoms with van der Waals surface area (Å²) in [6.45, 7) is 9.90. The molecule has 3 nitrogen and oxygen atoms in total. The van der Waals surface area contributed by atoms with Gasteiger partial charge in [0.1, 0.15) is 11.7 Å². The van der Waals surface area contributed by atoms with E-state index >= 15 is 0 Å². The molecule has 3 fully saturated rings. The average molecular weight is 439 g/mol. The highest BCUT2D eigenvalue weighted by Gasteiger charge is 2.71. The van der Waals surface area contributed by atoms with Crippen LogP contribution in [0.1, 0.15) is 91.9 Å². The van der Waals surface area contributed by atoms with Crippen molar-refractivity contribution < 1.29 is 14.2 Å². The quantitative estimate of drug-likeness (QED) is 0.170. The molecule has 0 bridgehead atoms. The van der Waals surface area contributed by atoms with E-state index in [4.69, 9.17) is 14.2 Å². The van der Waals surface area contributed by atoms with Crippen LogP contribution in [0.5, 0.6) is 0 Å². The molecular weight excluding hydrogens is 392 g/mol. The Morgan fingerprint density at radius 2 is 1.77 bits per heavy atom. The van der Waals surface area contributed by atoms with E-state index in [0.717, 1.165) is 13.0 Å². The van der Waals surface area contributed by atoms with Gasteiger partial charge < -0.3 is 14.2 Å². The van der Waals surface area contributed by atoms with Gasteiger partial charge in [0.15, 0.2) is 0 Å². The maximum Gasteiger partial charge on any atom is 0.106 e. The average Bonchev–Trinajstić information content (AvgIpc) is 3.63. The van der Waals surface area contributed by atoms with Crippen molar-refractivity contribution in [2.24, 2.45) is 11.8 Å². The largest absolute Gasteiger partial charge is 0.380 e. The minimum absolute atomic E-state index is 0.00535. The van der Waals surface area contributed by atoms with Crippen molar-refractivity contribution in [3.63, 3.8) is 0 Å². The van der Waals surface area contributed by atoms with Crippen molar-refractivity contribution in [1.82, 2.24) is 0 Å². The first-order chi connectivity index (χ1) is 14.5. The normalized spacial score (nSPS) is 38.1. The number of hydrogen-bond acceptors (Lipinski definition) is 4. The van der Waals surface area contributed by atoms with Crippen LogP contribution in [0.25, 0.3) is 0 Å². The molecule has 30 heavy (non-hydrogen) atoms. The van der Waals surface area contributed by atoms with Crippen LogP contribution in [-0.4, -0.2) is 48.1 Å². The predicted molar refractivity (Wildman–Crippen MR) is 128 cm³/mol. The van der Waals surface area contributed by atoms with Gasteiger partial charge in [-0.15, -0.1) is 0 Å². The Hall–Kier alpha value is -0.0300. The lowest BCUT2D eigenvalue weighted by Crippen LogP contribution is -2.53. The Kier molecular flexibility index (Phi) is 9.19. The molecule has 174 valence electrons. The van der Waals surface area contributed by atoms with Gasteiger partial charge in [0.2, 0.25) is 0 Å². The predicted octanol–water partition coefficient (Wildman–Crippen LogP) is 6.79. The summed E-state index contributed by atoms with van der Waals surface area (Å²) >= 11 is 2.14. The number of rotatable bonds is 14. The Morgan fingerprint density at radius 3 is 2.37 bits per heavy atom. The number of ether oxygens (including phenoxy) is 3. The van der Waals surface area contributed by atoms with Crippen LogP contribution < -0.4 is 0 Å². The Labute approximate surface area is 190 Å². The first kappa shape index (κ1) is 24.6. The van der Waals surface area contributed by atoms with Gasteiger partial charge >= 0.3 is 0 Å². The summed E-state index contributed by atoms with van der Waals surface area (Å²) in [5.41, 5.74) is -0.133. The van der Waals surface area contributed by atoms with Crippen LogP contribution >= 0.6 is 11.8 Å². The zero-order valence-corrected chi connectivity index (χ0v) is 21.0. The SMILES string of the molecule is CCCCCCCCCCS[C@@H]1CC[C@]2(CO2)C([C@@]2(C)O[C@@H]2/C=C/C(C)C)[C@@H]1OC. The van der Waals surface area contributed by atoms with Crippen molar-refractivity contribution in [2.75, 3.05) is 19.5 Å². The van der Waals surface area contributed by atoms with Gasteiger partial charge in [-0.2, -0.15) is 11.8 Å². The van der Waals surface area contributed by atoms with E-state index < -0.39 is 0 Å². The lowest BCUT2D eigenvalue weighted by molar-refractivity contribution is -0.0450. The van der Waals surface area contributed by atoms with Gasteiger partial charge in [0.25, 0.3) is 0 Å². The standard InChI is InChI=1S/C26H46O3S/c1-6-7-8-9-10-11-12-13-18-30-21-16-17-26(19-28-26)24(23(21)27-5)25(4)22(29-25)15-14-20(2)3/h14-15,20-24H,6-13,16-19H2,1-5H3/b15-14+/t21-,22-,23-,24?,25+,26+/m1/s1. The summed E-state index contributed by atoms with van der Waals surface area (Å²) in [6.07, 6.45) is 18.5. The molecule has 2 saturated heterocycles. The third-order valence-electron chi connectivity index (χ3n) is 7.41. The summed E-state index contributed by atoms with van der Waals surface area (Å²) in [6, 6.07) is 0. The lowest BCUT2D eigenvalue weighted by Gasteiger charge is -2.43. The Morgan fingerprint density at radius 1 is 1.10 bits per heavy atom. The first-order valence-corrected chi connectivity index (χ1v) is 13.7. The minimum Gasteiger partial charge on any atom is -0.380 e. The van der Waals surface area contributed by atoms with Crippen molar-refractivity contribution in [3.8, 4) is 0 Å². The second-order valence-electron chi connectivity index (χ2n) is 10.3. The molecule has 0 aromatic carbocycles. The van der Waals surface area contributed by atoms with Gasteiger partial charge in [0.05, 0.1) is 18.3 Å². The van der Waals surface area contributed by atoms with E-state index in [1.54, 1.807) is 0 Å². The van der Waals surface area contributed by atoms with Gasteiger partial charge in [-0.25, -0.2) is 0 Å². The van der Waals surface area contributed by atoms with E-state index in [1.807, 2.05) is 7.11 Å². The second-order valence-corrected chi connectivity index (χ2v) is 11.7. The third kappa shape index (κ3) is 6.05. The minimum atomic E-state index is -0.139. The zero-order chi connectivity index (χ0) is 21.6. The van der Waals surface area contributed by atoms with Crippen molar-refractivity contribution in [1.29, 1.82) is 0 Å². The molecule has 0 radical (unpaired) electrons. The fraction of sp³-hybridized carbons (Fsp3) is 0.923. The molecule has 1 spiro atoms. The molecule has 2 heterocycles. The highest BCUT2D eigenvalue weighted by atomic mass is 32.2. The highest BCUT2D eigenvalue weighted by molar-refractivity contribution is 7.99. The van der Waals surface area contributed by atoms with Crippen LogP contribution in [0.15, 0.2) is 12.2 Å². The van der Waals surface area contributed by atoms with Crippen LogP contribution in [0.3, 0.4) is 0 Å². The van der Waals surface area contributed by atoms with Crippen LogP contribution in [0, 0.1) is 11.8 Å². The van der Waals surface area contributed by atoms with Crippen molar-refractivity contribution in [3.05, 3.63) is 12.2 Å². The van der Waals surface area contributed by atoms with Crippen LogP contribution in [0.2, 0.25) is 0 Å². The summed E-state index contributed by atoms with van der Waals surface area (Å²) in [5.74, 6) is 2.15. The molecule has 3 rings (SSSR count). The third-order valence-corrected chi connectivity index (χ3v) is 8.86. The maximum atomic E-state index is 6.29. The van der Waals surface area contributed by atoms with E-state index in [1.165, 1.54) is 63.5 Å². The smallest absolute Gasteiger partial charge is 0.106 e. The molecule has 0 N–H and O–H groups in total. The maximum absolute atomic E-state index is 6.29. The van der Waals surface area contributed by atoms with Gasteiger partial charge in [-0.05, 0) is 37.9 Å².